The molecule has 0 aliphatic carbocycles. The first-order valence-electron chi connectivity index (χ1n) is 2.43. The van der Waals surface area contributed by atoms with Crippen LogP contribution in [0.25, 0.3) is 0 Å². The minimum atomic E-state index is 0.285. The monoisotopic (exact) mass is 102 g/mol. The summed E-state index contributed by atoms with van der Waals surface area (Å²) in [6.07, 6.45) is 0. The van der Waals surface area contributed by atoms with Gasteiger partial charge in [0, 0.05) is 25.6 Å². The molecule has 1 rings (SSSR count). The van der Waals surface area contributed by atoms with E-state index in [4.69, 9.17) is 10.9 Å². The van der Waals surface area contributed by atoms with E-state index in [9.17, 15) is 0 Å². The van der Waals surface area contributed by atoms with Gasteiger partial charge in [0.05, 0.1) is 0 Å². The third-order valence-electron chi connectivity index (χ3n) is 1.24. The molecule has 0 spiro atoms. The zero-order valence-electron chi connectivity index (χ0n) is 4.17. The van der Waals surface area contributed by atoms with Crippen molar-refractivity contribution in [1.82, 2.24) is 5.01 Å². The van der Waals surface area contributed by atoms with Gasteiger partial charge in [0.25, 0.3) is 0 Å². The van der Waals surface area contributed by atoms with Gasteiger partial charge in [-0.2, -0.15) is 0 Å². The van der Waals surface area contributed by atoms with Gasteiger partial charge in [0.2, 0.25) is 0 Å². The summed E-state index contributed by atoms with van der Waals surface area (Å²) in [4.78, 5) is 0. The third kappa shape index (κ3) is 0.907. The van der Waals surface area contributed by atoms with Gasteiger partial charge in [-0.25, -0.2) is 5.01 Å². The van der Waals surface area contributed by atoms with E-state index in [0.717, 1.165) is 13.1 Å². The molecule has 0 aromatic rings. The molecule has 3 nitrogen and oxygen atoms in total. The second-order valence-corrected chi connectivity index (χ2v) is 2.00. The largest absolute Gasteiger partial charge is 0.396 e. The molecule has 0 aromatic heterocycles. The van der Waals surface area contributed by atoms with Gasteiger partial charge < -0.3 is 5.11 Å². The van der Waals surface area contributed by atoms with Crippen LogP contribution in [-0.2, 0) is 0 Å². The van der Waals surface area contributed by atoms with E-state index in [-0.39, 0.29) is 6.61 Å². The summed E-state index contributed by atoms with van der Waals surface area (Å²) < 4.78 is 0. The number of nitrogens with two attached hydrogens (primary N) is 1. The lowest BCUT2D eigenvalue weighted by Crippen LogP contribution is -2.52. The van der Waals surface area contributed by atoms with Gasteiger partial charge >= 0.3 is 0 Å². The van der Waals surface area contributed by atoms with Crippen molar-refractivity contribution >= 4 is 0 Å². The van der Waals surface area contributed by atoms with Crippen LogP contribution in [0.2, 0.25) is 0 Å². The van der Waals surface area contributed by atoms with Crippen molar-refractivity contribution in [3.8, 4) is 0 Å². The van der Waals surface area contributed by atoms with Crippen molar-refractivity contribution in [3.05, 3.63) is 0 Å². The molecule has 1 fully saturated rings. The Balaban J connectivity index is 2.06. The van der Waals surface area contributed by atoms with Crippen LogP contribution in [0.3, 0.4) is 0 Å². The average Bonchev–Trinajstić information content (AvgIpc) is 1.58. The fraction of sp³-hybridized carbons (Fsp3) is 1.00. The number of hydrogen-bond donors (Lipinski definition) is 2. The second-order valence-electron chi connectivity index (χ2n) is 2.00. The molecule has 0 atom stereocenters. The number of hydrazine groups is 1. The van der Waals surface area contributed by atoms with Gasteiger partial charge in [-0.1, -0.05) is 0 Å². The minimum absolute atomic E-state index is 0.285. The predicted octanol–water partition coefficient (Wildman–Crippen LogP) is -1.22. The molecule has 3 heteroatoms. The zero-order valence-corrected chi connectivity index (χ0v) is 4.17. The van der Waals surface area contributed by atoms with Gasteiger partial charge in [0.1, 0.15) is 0 Å². The Bertz CT molecular complexity index is 60.7. The minimum Gasteiger partial charge on any atom is -0.396 e. The highest BCUT2D eigenvalue weighted by atomic mass is 16.3. The van der Waals surface area contributed by atoms with E-state index in [1.54, 1.807) is 5.01 Å². The fourth-order valence-electron chi connectivity index (χ4n) is 0.725. The number of aliphatic hydroxyl groups excluding tert-OH is 1. The Labute approximate surface area is 42.7 Å². The zero-order chi connectivity index (χ0) is 5.28. The quantitative estimate of drug-likeness (QED) is 0.408. The standard InChI is InChI=1S/C4H10N2O/c5-6-1-4(2-6)3-7/h4,7H,1-3,5H2. The molecule has 1 aliphatic heterocycles. The summed E-state index contributed by atoms with van der Waals surface area (Å²) in [5, 5.41) is 10.1. The molecular formula is C4H10N2O. The summed E-state index contributed by atoms with van der Waals surface area (Å²) in [5.74, 6) is 5.72. The van der Waals surface area contributed by atoms with Crippen LogP contribution in [0.4, 0.5) is 0 Å². The van der Waals surface area contributed by atoms with Crippen LogP contribution < -0.4 is 5.84 Å². The Morgan fingerprint density at radius 1 is 1.71 bits per heavy atom. The normalized spacial score (nSPS) is 24.9. The SMILES string of the molecule is NN1CC(CO)C1. The van der Waals surface area contributed by atoms with Crippen molar-refractivity contribution in [2.24, 2.45) is 11.8 Å². The molecule has 0 bridgehead atoms. The first-order chi connectivity index (χ1) is 3.33. The molecule has 1 saturated heterocycles. The molecule has 3 N–H and O–H groups in total. The van der Waals surface area contributed by atoms with Gasteiger partial charge in [0.15, 0.2) is 0 Å². The Kier molecular flexibility index (Phi) is 1.27. The van der Waals surface area contributed by atoms with E-state index in [1.165, 1.54) is 0 Å². The molecule has 1 heterocycles. The highest BCUT2D eigenvalue weighted by molar-refractivity contribution is 4.73. The third-order valence-corrected chi connectivity index (χ3v) is 1.24. The van der Waals surface area contributed by atoms with Crippen molar-refractivity contribution in [2.75, 3.05) is 19.7 Å². The van der Waals surface area contributed by atoms with Gasteiger partial charge in [-0.05, 0) is 0 Å². The Morgan fingerprint density at radius 2 is 2.29 bits per heavy atom. The predicted molar refractivity (Wildman–Crippen MR) is 26.3 cm³/mol. The maximum absolute atomic E-state index is 8.42. The number of hydrogen-bond acceptors (Lipinski definition) is 3. The van der Waals surface area contributed by atoms with Crippen LogP contribution >= 0.6 is 0 Å². The first kappa shape index (κ1) is 5.03. The van der Waals surface area contributed by atoms with E-state index in [2.05, 4.69) is 0 Å². The molecule has 0 aromatic carbocycles. The van der Waals surface area contributed by atoms with Crippen molar-refractivity contribution in [2.45, 2.75) is 0 Å². The van der Waals surface area contributed by atoms with Gasteiger partial charge in [-0.3, -0.25) is 5.84 Å². The topological polar surface area (TPSA) is 49.5 Å². The smallest absolute Gasteiger partial charge is 0.0484 e. The molecule has 7 heavy (non-hydrogen) atoms. The highest BCUT2D eigenvalue weighted by Gasteiger charge is 2.21. The summed E-state index contributed by atoms with van der Waals surface area (Å²) in [5.41, 5.74) is 0. The number of nitrogens with zero attached hydrogens (tertiary/aromatic N) is 1. The van der Waals surface area contributed by atoms with E-state index in [1.807, 2.05) is 0 Å². The van der Waals surface area contributed by atoms with Crippen LogP contribution in [0, 0.1) is 5.92 Å². The molecular weight excluding hydrogens is 92.1 g/mol. The Morgan fingerprint density at radius 3 is 2.43 bits per heavy atom. The summed E-state index contributed by atoms with van der Waals surface area (Å²) in [7, 11) is 0. The average molecular weight is 102 g/mol. The van der Waals surface area contributed by atoms with Crippen LogP contribution in [0.5, 0.6) is 0 Å². The Hall–Kier alpha value is -0.120. The molecule has 0 saturated carbocycles. The summed E-state index contributed by atoms with van der Waals surface area (Å²) >= 11 is 0. The van der Waals surface area contributed by atoms with E-state index >= 15 is 0 Å². The lowest BCUT2D eigenvalue weighted by Gasteiger charge is -2.33. The van der Waals surface area contributed by atoms with Gasteiger partial charge in [-0.15, -0.1) is 0 Å². The fourth-order valence-corrected chi connectivity index (χ4v) is 0.725. The molecule has 1 aliphatic rings. The molecule has 0 unspecified atom stereocenters. The lowest BCUT2D eigenvalue weighted by molar-refractivity contribution is 0.0541. The molecule has 42 valence electrons. The molecule has 0 radical (unpaired) electrons. The van der Waals surface area contributed by atoms with E-state index in [0.29, 0.717) is 5.92 Å². The molecule has 0 amide bonds. The maximum Gasteiger partial charge on any atom is 0.0484 e. The van der Waals surface area contributed by atoms with Crippen LogP contribution in [-0.4, -0.2) is 29.8 Å². The van der Waals surface area contributed by atoms with Crippen molar-refractivity contribution in [1.29, 1.82) is 0 Å². The van der Waals surface area contributed by atoms with Crippen molar-refractivity contribution in [3.63, 3.8) is 0 Å². The lowest BCUT2D eigenvalue weighted by atomic mass is 10.0. The summed E-state index contributed by atoms with van der Waals surface area (Å²) in [6, 6.07) is 0. The maximum atomic E-state index is 8.42. The number of rotatable bonds is 1. The summed E-state index contributed by atoms with van der Waals surface area (Å²) in [6.45, 7) is 2.00. The van der Waals surface area contributed by atoms with Crippen LogP contribution in [0.15, 0.2) is 0 Å². The van der Waals surface area contributed by atoms with Crippen LogP contribution in [0.1, 0.15) is 0 Å². The first-order valence-corrected chi connectivity index (χ1v) is 2.43. The van der Waals surface area contributed by atoms with Crippen molar-refractivity contribution < 1.29 is 5.11 Å². The second kappa shape index (κ2) is 1.78. The number of aliphatic hydroxyl groups is 1. The van der Waals surface area contributed by atoms with E-state index < -0.39 is 0 Å². The highest BCUT2D eigenvalue weighted by Crippen LogP contribution is 2.07.